The van der Waals surface area contributed by atoms with Crippen molar-refractivity contribution in [2.75, 3.05) is 19.7 Å². The number of thiophene rings is 1. The molecule has 8 heteroatoms. The lowest BCUT2D eigenvalue weighted by Gasteiger charge is -2.19. The molecular formula is C21H25N5O2S. The van der Waals surface area contributed by atoms with Gasteiger partial charge in [0.1, 0.15) is 0 Å². The first-order valence-corrected chi connectivity index (χ1v) is 10.7. The molecule has 1 amide bonds. The summed E-state index contributed by atoms with van der Waals surface area (Å²) in [5.74, 6) is 0.675. The maximum Gasteiger partial charge on any atom is 0.257 e. The van der Waals surface area contributed by atoms with Gasteiger partial charge in [0.15, 0.2) is 0 Å². The highest BCUT2D eigenvalue weighted by Crippen LogP contribution is 2.42. The number of aryl methyl sites for hydroxylation is 2. The average molecular weight is 412 g/mol. The number of rotatable bonds is 7. The average Bonchev–Trinajstić information content (AvgIpc) is 3.37. The Balaban J connectivity index is 1.75. The van der Waals surface area contributed by atoms with E-state index in [1.54, 1.807) is 33.3 Å². The molecule has 0 spiro atoms. The Labute approximate surface area is 174 Å². The van der Waals surface area contributed by atoms with E-state index in [1.165, 1.54) is 9.75 Å². The van der Waals surface area contributed by atoms with Crippen LogP contribution in [0.3, 0.4) is 0 Å². The molecule has 1 fully saturated rings. The van der Waals surface area contributed by atoms with Crippen molar-refractivity contribution in [3.63, 3.8) is 0 Å². The zero-order chi connectivity index (χ0) is 20.5. The van der Waals surface area contributed by atoms with E-state index in [0.717, 1.165) is 29.8 Å². The van der Waals surface area contributed by atoms with Crippen LogP contribution in [0.15, 0.2) is 24.5 Å². The Morgan fingerprint density at radius 3 is 2.79 bits per heavy atom. The number of amides is 1. The molecule has 1 saturated carbocycles. The molecule has 29 heavy (non-hydrogen) atoms. The molecule has 3 aromatic heterocycles. The van der Waals surface area contributed by atoms with Crippen LogP contribution in [0.1, 0.15) is 51.5 Å². The Hall–Kier alpha value is -2.58. The Morgan fingerprint density at radius 2 is 2.17 bits per heavy atom. The van der Waals surface area contributed by atoms with E-state index in [1.807, 2.05) is 13.0 Å². The summed E-state index contributed by atoms with van der Waals surface area (Å²) < 4.78 is 1.72. The molecule has 0 unspecified atom stereocenters. The number of carbonyl (C=O) groups is 1. The van der Waals surface area contributed by atoms with Crippen LogP contribution in [0.5, 0.6) is 0 Å². The number of aromatic nitrogens is 4. The SMILES string of the molecule is CCN(CCO)C(=O)c1cnn(-c2nccc(-c3cc(C)sc3C)n2)c1C1CC1. The number of nitrogens with zero attached hydrogens (tertiary/aromatic N) is 5. The lowest BCUT2D eigenvalue weighted by molar-refractivity contribution is 0.0730. The molecule has 7 nitrogen and oxygen atoms in total. The number of aliphatic hydroxyl groups is 1. The van der Waals surface area contributed by atoms with Crippen molar-refractivity contribution in [2.45, 2.75) is 39.5 Å². The van der Waals surface area contributed by atoms with E-state index < -0.39 is 0 Å². The first kappa shape index (κ1) is 19.7. The van der Waals surface area contributed by atoms with Crippen LogP contribution in [-0.4, -0.2) is 55.4 Å². The molecule has 0 aliphatic heterocycles. The van der Waals surface area contributed by atoms with Gasteiger partial charge in [0.05, 0.1) is 29.8 Å². The van der Waals surface area contributed by atoms with Crippen LogP contribution in [0.25, 0.3) is 17.2 Å². The summed E-state index contributed by atoms with van der Waals surface area (Å²) in [6.45, 7) is 6.88. The minimum Gasteiger partial charge on any atom is -0.395 e. The maximum atomic E-state index is 13.0. The molecule has 1 aliphatic carbocycles. The van der Waals surface area contributed by atoms with E-state index >= 15 is 0 Å². The molecular weight excluding hydrogens is 386 g/mol. The molecule has 3 aromatic rings. The Morgan fingerprint density at radius 1 is 1.38 bits per heavy atom. The first-order chi connectivity index (χ1) is 14.0. The molecule has 0 atom stereocenters. The maximum absolute atomic E-state index is 13.0. The summed E-state index contributed by atoms with van der Waals surface area (Å²) in [6.07, 6.45) is 5.42. The third-order valence-corrected chi connectivity index (χ3v) is 6.15. The smallest absolute Gasteiger partial charge is 0.257 e. The van der Waals surface area contributed by atoms with Gasteiger partial charge in [-0.25, -0.2) is 14.6 Å². The fourth-order valence-electron chi connectivity index (χ4n) is 3.61. The van der Waals surface area contributed by atoms with Gasteiger partial charge in [-0.3, -0.25) is 4.79 Å². The third kappa shape index (κ3) is 3.82. The summed E-state index contributed by atoms with van der Waals surface area (Å²) in [6, 6.07) is 4.05. The van der Waals surface area contributed by atoms with Gasteiger partial charge >= 0.3 is 0 Å². The van der Waals surface area contributed by atoms with Gasteiger partial charge in [-0.1, -0.05) is 0 Å². The van der Waals surface area contributed by atoms with Crippen molar-refractivity contribution < 1.29 is 9.90 Å². The number of hydrogen-bond acceptors (Lipinski definition) is 6. The minimum atomic E-state index is -0.102. The minimum absolute atomic E-state index is 0.0585. The summed E-state index contributed by atoms with van der Waals surface area (Å²) >= 11 is 1.75. The quantitative estimate of drug-likeness (QED) is 0.645. The molecule has 0 saturated heterocycles. The second kappa shape index (κ2) is 8.04. The molecule has 0 bridgehead atoms. The van der Waals surface area contributed by atoms with Crippen molar-refractivity contribution in [1.29, 1.82) is 0 Å². The van der Waals surface area contributed by atoms with Gasteiger partial charge in [-0.05, 0) is 45.7 Å². The van der Waals surface area contributed by atoms with Crippen LogP contribution in [0.4, 0.5) is 0 Å². The highest BCUT2D eigenvalue weighted by molar-refractivity contribution is 7.12. The summed E-state index contributed by atoms with van der Waals surface area (Å²) in [4.78, 5) is 26.3. The fraction of sp³-hybridized carbons (Fsp3) is 0.429. The number of hydrogen-bond donors (Lipinski definition) is 1. The van der Waals surface area contributed by atoms with Gasteiger partial charge in [0.2, 0.25) is 0 Å². The van der Waals surface area contributed by atoms with E-state index in [9.17, 15) is 9.90 Å². The van der Waals surface area contributed by atoms with Gasteiger partial charge in [-0.15, -0.1) is 11.3 Å². The van der Waals surface area contributed by atoms with Gasteiger partial charge in [0.25, 0.3) is 11.9 Å². The topological polar surface area (TPSA) is 84.1 Å². The standard InChI is InChI=1S/C21H25N5O2S/c1-4-25(9-10-27)20(28)17-12-23-26(19(17)15-5-6-15)21-22-8-7-18(24-21)16-11-13(2)29-14(16)3/h7-8,11-12,15,27H,4-6,9-10H2,1-3H3. The van der Waals surface area contributed by atoms with E-state index in [0.29, 0.717) is 30.5 Å². The molecule has 152 valence electrons. The van der Waals surface area contributed by atoms with Gasteiger partial charge in [-0.2, -0.15) is 5.10 Å². The monoisotopic (exact) mass is 411 g/mol. The first-order valence-electron chi connectivity index (χ1n) is 9.92. The zero-order valence-electron chi connectivity index (χ0n) is 16.9. The van der Waals surface area contributed by atoms with Gasteiger partial charge in [0, 0.05) is 40.5 Å². The van der Waals surface area contributed by atoms with Crippen molar-refractivity contribution in [1.82, 2.24) is 24.6 Å². The van der Waals surface area contributed by atoms with Crippen LogP contribution in [-0.2, 0) is 0 Å². The molecule has 0 radical (unpaired) electrons. The van der Waals surface area contributed by atoms with E-state index in [-0.39, 0.29) is 12.5 Å². The Bertz CT molecular complexity index is 1040. The summed E-state index contributed by atoms with van der Waals surface area (Å²) in [7, 11) is 0. The van der Waals surface area contributed by atoms with Gasteiger partial charge < -0.3 is 10.0 Å². The summed E-state index contributed by atoms with van der Waals surface area (Å²) in [5.41, 5.74) is 3.42. The molecule has 3 heterocycles. The molecule has 4 rings (SSSR count). The molecule has 1 N–H and O–H groups in total. The van der Waals surface area contributed by atoms with Crippen molar-refractivity contribution in [3.05, 3.63) is 45.5 Å². The predicted molar refractivity (Wildman–Crippen MR) is 113 cm³/mol. The fourth-order valence-corrected chi connectivity index (χ4v) is 4.54. The lowest BCUT2D eigenvalue weighted by Crippen LogP contribution is -2.33. The lowest BCUT2D eigenvalue weighted by atomic mass is 10.1. The number of likely N-dealkylation sites (N-methyl/N-ethyl adjacent to an activating group) is 1. The number of aliphatic hydroxyl groups excluding tert-OH is 1. The normalized spacial score (nSPS) is 13.7. The third-order valence-electron chi connectivity index (χ3n) is 5.19. The highest BCUT2D eigenvalue weighted by Gasteiger charge is 2.34. The number of carbonyl (C=O) groups excluding carboxylic acids is 1. The van der Waals surface area contributed by atoms with Crippen LogP contribution < -0.4 is 0 Å². The van der Waals surface area contributed by atoms with Crippen molar-refractivity contribution in [2.24, 2.45) is 0 Å². The highest BCUT2D eigenvalue weighted by atomic mass is 32.1. The van der Waals surface area contributed by atoms with E-state index in [4.69, 9.17) is 4.98 Å². The molecule has 1 aliphatic rings. The van der Waals surface area contributed by atoms with Crippen molar-refractivity contribution >= 4 is 17.2 Å². The van der Waals surface area contributed by atoms with E-state index in [2.05, 4.69) is 30.0 Å². The van der Waals surface area contributed by atoms with Crippen LogP contribution in [0.2, 0.25) is 0 Å². The summed E-state index contributed by atoms with van der Waals surface area (Å²) in [5, 5.41) is 13.8. The zero-order valence-corrected chi connectivity index (χ0v) is 17.7. The van der Waals surface area contributed by atoms with Crippen molar-refractivity contribution in [3.8, 4) is 17.2 Å². The second-order valence-electron chi connectivity index (χ2n) is 7.31. The predicted octanol–water partition coefficient (Wildman–Crippen LogP) is 3.34. The van der Waals surface area contributed by atoms with Crippen LogP contribution in [0, 0.1) is 13.8 Å². The van der Waals surface area contributed by atoms with Crippen LogP contribution >= 0.6 is 11.3 Å². The largest absolute Gasteiger partial charge is 0.395 e. The Kier molecular flexibility index (Phi) is 5.47. The molecule has 0 aromatic carbocycles. The second-order valence-corrected chi connectivity index (χ2v) is 8.77.